The third-order valence-electron chi connectivity index (χ3n) is 4.30. The molecular weight excluding hydrogens is 330 g/mol. The van der Waals surface area contributed by atoms with E-state index in [0.717, 1.165) is 29.7 Å². The average Bonchev–Trinajstić information content (AvgIpc) is 3.25. The van der Waals surface area contributed by atoms with Gasteiger partial charge in [-0.05, 0) is 26.3 Å². The van der Waals surface area contributed by atoms with E-state index in [9.17, 15) is 4.79 Å². The van der Waals surface area contributed by atoms with Gasteiger partial charge in [-0.15, -0.1) is 10.2 Å². The maximum Gasteiger partial charge on any atom is 0.317 e. The quantitative estimate of drug-likeness (QED) is 0.660. The molecule has 0 saturated heterocycles. The molecule has 2 heterocycles. The molecule has 3 rings (SSSR count). The molecule has 0 spiro atoms. The fraction of sp³-hybridized carbons (Fsp3) is 0.444. The smallest absolute Gasteiger partial charge is 0.317 e. The Morgan fingerprint density at radius 2 is 2.12 bits per heavy atom. The van der Waals surface area contributed by atoms with E-state index in [-0.39, 0.29) is 12.1 Å². The first kappa shape index (κ1) is 17.9. The Hall–Kier alpha value is -2.90. The summed E-state index contributed by atoms with van der Waals surface area (Å²) in [4.78, 5) is 13.9. The Balaban J connectivity index is 1.45. The molecule has 0 saturated carbocycles. The summed E-state index contributed by atoms with van der Waals surface area (Å²) in [6.07, 6.45) is 4.38. The summed E-state index contributed by atoms with van der Waals surface area (Å²) < 4.78 is 3.93. The first-order chi connectivity index (χ1) is 12.6. The molecule has 0 radical (unpaired) electrons. The number of fused-ring (bicyclic) bond motifs is 1. The normalized spacial score (nSPS) is 11.2. The van der Waals surface area contributed by atoms with E-state index < -0.39 is 0 Å². The van der Waals surface area contributed by atoms with Crippen molar-refractivity contribution < 1.29 is 4.79 Å². The zero-order valence-electron chi connectivity index (χ0n) is 15.5. The molecule has 3 aromatic rings. The van der Waals surface area contributed by atoms with Gasteiger partial charge < -0.3 is 14.8 Å². The van der Waals surface area contributed by atoms with Crippen molar-refractivity contribution in [3.63, 3.8) is 0 Å². The highest BCUT2D eigenvalue weighted by atomic mass is 16.2. The van der Waals surface area contributed by atoms with Gasteiger partial charge in [-0.25, -0.2) is 4.79 Å². The zero-order valence-corrected chi connectivity index (χ0v) is 15.5. The number of hydrogen-bond acceptors (Lipinski definition) is 4. The van der Waals surface area contributed by atoms with Crippen LogP contribution in [0.3, 0.4) is 0 Å². The van der Waals surface area contributed by atoms with Crippen LogP contribution in [-0.2, 0) is 13.1 Å². The minimum absolute atomic E-state index is 0.117. The molecule has 2 amide bonds. The molecule has 1 aromatic carbocycles. The van der Waals surface area contributed by atoms with Crippen molar-refractivity contribution in [2.75, 3.05) is 13.6 Å². The monoisotopic (exact) mass is 355 g/mol. The molecule has 0 aliphatic rings. The number of aromatic nitrogens is 5. The summed E-state index contributed by atoms with van der Waals surface area (Å²) in [5.74, 6) is 0.778. The number of para-hydroxylation sites is 1. The van der Waals surface area contributed by atoms with Crippen molar-refractivity contribution in [1.82, 2.24) is 34.8 Å². The largest absolute Gasteiger partial charge is 0.338 e. The van der Waals surface area contributed by atoms with Gasteiger partial charge >= 0.3 is 6.03 Å². The Morgan fingerprint density at radius 1 is 1.31 bits per heavy atom. The first-order valence-electron chi connectivity index (χ1n) is 8.84. The predicted molar refractivity (Wildman–Crippen MR) is 99.6 cm³/mol. The molecule has 2 aromatic heterocycles. The minimum atomic E-state index is -0.117. The van der Waals surface area contributed by atoms with Crippen molar-refractivity contribution in [2.24, 2.45) is 0 Å². The number of aryl methyl sites for hydroxylation is 1. The number of nitrogens with zero attached hydrogens (tertiary/aromatic N) is 6. The van der Waals surface area contributed by atoms with E-state index in [1.54, 1.807) is 18.3 Å². The van der Waals surface area contributed by atoms with Crippen LogP contribution in [0.5, 0.6) is 0 Å². The molecule has 0 aliphatic carbocycles. The number of rotatable bonds is 7. The van der Waals surface area contributed by atoms with E-state index in [2.05, 4.69) is 40.5 Å². The van der Waals surface area contributed by atoms with Crippen molar-refractivity contribution >= 4 is 16.9 Å². The number of amides is 2. The lowest BCUT2D eigenvalue weighted by Crippen LogP contribution is -2.38. The van der Waals surface area contributed by atoms with E-state index in [1.807, 2.05) is 33.6 Å². The summed E-state index contributed by atoms with van der Waals surface area (Å²) in [5.41, 5.74) is 1.11. The fourth-order valence-corrected chi connectivity index (χ4v) is 2.86. The van der Waals surface area contributed by atoms with Gasteiger partial charge in [-0.2, -0.15) is 5.10 Å². The second-order valence-corrected chi connectivity index (χ2v) is 6.62. The topological polar surface area (TPSA) is 80.9 Å². The maximum atomic E-state index is 12.3. The summed E-state index contributed by atoms with van der Waals surface area (Å²) in [5, 5.41) is 16.5. The summed E-state index contributed by atoms with van der Waals surface area (Å²) in [6.45, 7) is 5.90. The highest BCUT2D eigenvalue weighted by molar-refractivity contribution is 5.78. The molecule has 1 N–H and O–H groups in total. The van der Waals surface area contributed by atoms with E-state index in [4.69, 9.17) is 0 Å². The highest BCUT2D eigenvalue weighted by Gasteiger charge is 2.14. The highest BCUT2D eigenvalue weighted by Crippen LogP contribution is 2.12. The molecule has 0 fully saturated rings. The van der Waals surface area contributed by atoms with Crippen molar-refractivity contribution in [3.05, 3.63) is 42.6 Å². The van der Waals surface area contributed by atoms with Crippen LogP contribution in [0.15, 0.2) is 36.8 Å². The van der Waals surface area contributed by atoms with E-state index >= 15 is 0 Å². The second kappa shape index (κ2) is 7.99. The fourth-order valence-electron chi connectivity index (χ4n) is 2.86. The van der Waals surface area contributed by atoms with Crippen LogP contribution in [0.25, 0.3) is 10.9 Å². The van der Waals surface area contributed by atoms with Gasteiger partial charge in [0.05, 0.1) is 18.3 Å². The SMILES string of the molecule is CC(C)n1cnnc1CN(C)C(=O)NCCCn1ncc2ccccc21. The Labute approximate surface area is 152 Å². The zero-order chi connectivity index (χ0) is 18.5. The summed E-state index contributed by atoms with van der Waals surface area (Å²) in [7, 11) is 1.76. The molecule has 0 bridgehead atoms. The number of benzene rings is 1. The Kier molecular flexibility index (Phi) is 5.50. The summed E-state index contributed by atoms with van der Waals surface area (Å²) in [6, 6.07) is 8.26. The number of carbonyl (C=O) groups excluding carboxylic acids is 1. The molecule has 138 valence electrons. The van der Waals surface area contributed by atoms with Crippen LogP contribution in [0, 0.1) is 0 Å². The predicted octanol–water partition coefficient (Wildman–Crippen LogP) is 2.44. The molecule has 8 heteroatoms. The second-order valence-electron chi connectivity index (χ2n) is 6.62. The van der Waals surface area contributed by atoms with Crippen molar-refractivity contribution in [3.8, 4) is 0 Å². The average molecular weight is 355 g/mol. The number of hydrogen-bond donors (Lipinski definition) is 1. The van der Waals surface area contributed by atoms with E-state index in [0.29, 0.717) is 13.1 Å². The molecule has 0 aliphatic heterocycles. The van der Waals surface area contributed by atoms with Crippen LogP contribution in [0.4, 0.5) is 4.79 Å². The van der Waals surface area contributed by atoms with Gasteiger partial charge in [0, 0.05) is 31.6 Å². The van der Waals surface area contributed by atoms with Crippen LogP contribution >= 0.6 is 0 Å². The van der Waals surface area contributed by atoms with Crippen LogP contribution < -0.4 is 5.32 Å². The third-order valence-corrected chi connectivity index (χ3v) is 4.30. The third kappa shape index (κ3) is 4.01. The lowest BCUT2D eigenvalue weighted by atomic mass is 10.2. The van der Waals surface area contributed by atoms with Crippen LogP contribution in [0.2, 0.25) is 0 Å². The van der Waals surface area contributed by atoms with Gasteiger partial charge in [0.15, 0.2) is 5.82 Å². The number of nitrogens with one attached hydrogen (secondary N) is 1. The van der Waals surface area contributed by atoms with Crippen LogP contribution in [0.1, 0.15) is 32.1 Å². The van der Waals surface area contributed by atoms with E-state index in [1.165, 1.54) is 0 Å². The first-order valence-corrected chi connectivity index (χ1v) is 8.84. The standard InChI is InChI=1S/C18H25N7O/c1-14(2)24-13-20-22-17(24)12-23(3)18(26)19-9-6-10-25-16-8-5-4-7-15(16)11-21-25/h4-5,7-8,11,13-14H,6,9-10,12H2,1-3H3,(H,19,26). The Morgan fingerprint density at radius 3 is 2.92 bits per heavy atom. The number of urea groups is 1. The van der Waals surface area contributed by atoms with Crippen molar-refractivity contribution in [2.45, 2.75) is 39.4 Å². The van der Waals surface area contributed by atoms with Crippen LogP contribution in [-0.4, -0.2) is 49.1 Å². The van der Waals surface area contributed by atoms with Gasteiger partial charge in [-0.1, -0.05) is 18.2 Å². The van der Waals surface area contributed by atoms with Gasteiger partial charge in [0.2, 0.25) is 0 Å². The molecule has 8 nitrogen and oxygen atoms in total. The molecular formula is C18H25N7O. The van der Waals surface area contributed by atoms with Crippen molar-refractivity contribution in [1.29, 1.82) is 0 Å². The molecule has 0 unspecified atom stereocenters. The Bertz CT molecular complexity index is 867. The summed E-state index contributed by atoms with van der Waals surface area (Å²) >= 11 is 0. The number of carbonyl (C=O) groups is 1. The lowest BCUT2D eigenvalue weighted by Gasteiger charge is -2.19. The molecule has 26 heavy (non-hydrogen) atoms. The van der Waals surface area contributed by atoms with Gasteiger partial charge in [0.25, 0.3) is 0 Å². The lowest BCUT2D eigenvalue weighted by molar-refractivity contribution is 0.204. The molecule has 0 atom stereocenters. The van der Waals surface area contributed by atoms with Gasteiger partial charge in [-0.3, -0.25) is 4.68 Å². The minimum Gasteiger partial charge on any atom is -0.338 e. The van der Waals surface area contributed by atoms with Gasteiger partial charge in [0.1, 0.15) is 6.33 Å². The maximum absolute atomic E-state index is 12.3.